The first-order valence-electron chi connectivity index (χ1n) is 7.69. The quantitative estimate of drug-likeness (QED) is 0.754. The van der Waals surface area contributed by atoms with Gasteiger partial charge in [-0.15, -0.1) is 5.10 Å². The number of hydrogen-bond donors (Lipinski definition) is 2. The molecule has 124 valence electrons. The summed E-state index contributed by atoms with van der Waals surface area (Å²) in [6.45, 7) is 0.627. The number of rotatable bonds is 2. The van der Waals surface area contributed by atoms with E-state index < -0.39 is 0 Å². The van der Waals surface area contributed by atoms with E-state index in [1.807, 2.05) is 0 Å². The molecule has 2 N–H and O–H groups in total. The van der Waals surface area contributed by atoms with Crippen molar-refractivity contribution in [1.82, 2.24) is 29.9 Å². The number of amides is 2. The van der Waals surface area contributed by atoms with Crippen LogP contribution in [0.4, 0.5) is 15.0 Å². The molecular weight excluding hydrogens is 313 g/mol. The van der Waals surface area contributed by atoms with Crippen molar-refractivity contribution in [3.63, 3.8) is 0 Å². The van der Waals surface area contributed by atoms with Gasteiger partial charge in [0, 0.05) is 13.6 Å². The van der Waals surface area contributed by atoms with Crippen molar-refractivity contribution in [3.8, 4) is 0 Å². The van der Waals surface area contributed by atoms with Crippen molar-refractivity contribution in [2.24, 2.45) is 7.05 Å². The number of nitrogens with one attached hydrogen (secondary N) is 2. The Morgan fingerprint density at radius 2 is 2.33 bits per heavy atom. The van der Waals surface area contributed by atoms with Crippen molar-refractivity contribution >= 4 is 22.9 Å². The molecule has 1 unspecified atom stereocenters. The molecule has 2 amide bonds. The number of likely N-dealkylation sites (tertiary alicyclic amines) is 1. The van der Waals surface area contributed by atoms with Crippen LogP contribution in [-0.2, 0) is 7.05 Å². The number of anilines is 1. The van der Waals surface area contributed by atoms with Gasteiger partial charge >= 0.3 is 6.03 Å². The first kappa shape index (κ1) is 14.6. The van der Waals surface area contributed by atoms with Crippen LogP contribution in [0.25, 0.3) is 11.0 Å². The van der Waals surface area contributed by atoms with E-state index in [1.165, 1.54) is 16.8 Å². The Bertz CT molecular complexity index is 902. The molecule has 3 heterocycles. The zero-order chi connectivity index (χ0) is 16.7. The van der Waals surface area contributed by atoms with E-state index in [1.54, 1.807) is 24.2 Å². The first-order chi connectivity index (χ1) is 11.6. The van der Waals surface area contributed by atoms with Gasteiger partial charge in [-0.05, 0) is 31.0 Å². The molecule has 24 heavy (non-hydrogen) atoms. The number of aryl methyl sites for hydroxylation is 1. The topological polar surface area (TPSA) is 91.7 Å². The molecule has 3 aromatic rings. The maximum absolute atomic E-state index is 13.3. The highest BCUT2D eigenvalue weighted by Crippen LogP contribution is 2.31. The van der Waals surface area contributed by atoms with E-state index in [2.05, 4.69) is 25.6 Å². The molecule has 8 nitrogen and oxygen atoms in total. The number of fused-ring (bicyclic) bond motifs is 1. The standard InChI is InChI=1S/C15H16FN7O/c1-22-8-13(20-21-22)19-15(24)23-6-2-3-12(23)14-17-10-5-4-9(16)7-11(10)18-14/h4-5,7-8,12H,2-3,6H2,1H3,(H,17,18)(H,19,24). The molecule has 1 aromatic carbocycles. The van der Waals surface area contributed by atoms with Crippen LogP contribution < -0.4 is 5.32 Å². The normalized spacial score (nSPS) is 17.6. The second-order valence-electron chi connectivity index (χ2n) is 5.84. The zero-order valence-corrected chi connectivity index (χ0v) is 13.0. The fourth-order valence-electron chi connectivity index (χ4n) is 3.04. The van der Waals surface area contributed by atoms with Gasteiger partial charge < -0.3 is 9.88 Å². The highest BCUT2D eigenvalue weighted by atomic mass is 19.1. The third-order valence-corrected chi connectivity index (χ3v) is 4.13. The van der Waals surface area contributed by atoms with Gasteiger partial charge in [-0.25, -0.2) is 14.2 Å². The minimum Gasteiger partial charge on any atom is -0.340 e. The number of aromatic amines is 1. The number of benzene rings is 1. The van der Waals surface area contributed by atoms with E-state index in [4.69, 9.17) is 0 Å². The molecule has 4 rings (SSSR count). The molecule has 1 atom stereocenters. The number of urea groups is 1. The summed E-state index contributed by atoms with van der Waals surface area (Å²) in [5.41, 5.74) is 1.32. The second kappa shape index (κ2) is 5.59. The molecule has 9 heteroatoms. The Balaban J connectivity index is 1.58. The highest BCUT2D eigenvalue weighted by molar-refractivity contribution is 5.88. The first-order valence-corrected chi connectivity index (χ1v) is 7.69. The average molecular weight is 329 g/mol. The third kappa shape index (κ3) is 2.57. The molecule has 1 aliphatic rings. The van der Waals surface area contributed by atoms with Gasteiger partial charge in [-0.2, -0.15) is 0 Å². The summed E-state index contributed by atoms with van der Waals surface area (Å²) in [6.07, 6.45) is 3.31. The molecule has 1 fully saturated rings. The largest absolute Gasteiger partial charge is 0.340 e. The number of H-pyrrole nitrogens is 1. The summed E-state index contributed by atoms with van der Waals surface area (Å²) in [4.78, 5) is 21.9. The number of hydrogen-bond acceptors (Lipinski definition) is 4. The SMILES string of the molecule is Cn1cc(NC(=O)N2CCCC2c2nc3ccc(F)cc3[nH]2)nn1. The molecule has 0 radical (unpaired) electrons. The Labute approximate surface area is 136 Å². The van der Waals surface area contributed by atoms with Crippen LogP contribution in [0.1, 0.15) is 24.7 Å². The van der Waals surface area contributed by atoms with Gasteiger partial charge in [0.2, 0.25) is 0 Å². The van der Waals surface area contributed by atoms with E-state index >= 15 is 0 Å². The molecule has 0 saturated carbocycles. The smallest absolute Gasteiger partial charge is 0.323 e. The Morgan fingerprint density at radius 1 is 1.46 bits per heavy atom. The van der Waals surface area contributed by atoms with E-state index in [-0.39, 0.29) is 17.9 Å². The lowest BCUT2D eigenvalue weighted by Gasteiger charge is -2.22. The second-order valence-corrected chi connectivity index (χ2v) is 5.84. The number of carbonyl (C=O) groups excluding carboxylic acids is 1. The Kier molecular flexibility index (Phi) is 3.40. The summed E-state index contributed by atoms with van der Waals surface area (Å²) in [5.74, 6) is 0.753. The predicted octanol–water partition coefficient (Wildman–Crippen LogP) is 2.20. The summed E-state index contributed by atoms with van der Waals surface area (Å²) in [5, 5.41) is 10.4. The molecule has 2 aromatic heterocycles. The zero-order valence-electron chi connectivity index (χ0n) is 13.0. The number of imidazole rings is 1. The van der Waals surface area contributed by atoms with E-state index in [9.17, 15) is 9.18 Å². The maximum Gasteiger partial charge on any atom is 0.323 e. The summed E-state index contributed by atoms with van der Waals surface area (Å²) in [7, 11) is 1.73. The molecule has 0 bridgehead atoms. The molecule has 0 aliphatic carbocycles. The van der Waals surface area contributed by atoms with Crippen LogP contribution in [0.15, 0.2) is 24.4 Å². The van der Waals surface area contributed by atoms with Crippen molar-refractivity contribution in [2.75, 3.05) is 11.9 Å². The number of nitrogens with zero attached hydrogens (tertiary/aromatic N) is 5. The lowest BCUT2D eigenvalue weighted by atomic mass is 10.2. The predicted molar refractivity (Wildman–Crippen MR) is 84.8 cm³/mol. The van der Waals surface area contributed by atoms with Crippen LogP contribution in [0.5, 0.6) is 0 Å². The molecule has 1 aliphatic heterocycles. The monoisotopic (exact) mass is 329 g/mol. The Hall–Kier alpha value is -2.97. The highest BCUT2D eigenvalue weighted by Gasteiger charge is 2.32. The van der Waals surface area contributed by atoms with Gasteiger partial charge in [0.15, 0.2) is 5.82 Å². The maximum atomic E-state index is 13.3. The average Bonchev–Trinajstić information content (AvgIpc) is 3.25. The van der Waals surface area contributed by atoms with Crippen molar-refractivity contribution in [2.45, 2.75) is 18.9 Å². The van der Waals surface area contributed by atoms with Crippen LogP contribution in [0, 0.1) is 5.82 Å². The van der Waals surface area contributed by atoms with Crippen molar-refractivity contribution in [1.29, 1.82) is 0 Å². The Morgan fingerprint density at radius 3 is 3.12 bits per heavy atom. The lowest BCUT2D eigenvalue weighted by Crippen LogP contribution is -2.35. The van der Waals surface area contributed by atoms with Gasteiger partial charge in [0.1, 0.15) is 11.6 Å². The van der Waals surface area contributed by atoms with Crippen LogP contribution in [0.2, 0.25) is 0 Å². The minimum atomic E-state index is -0.318. The molecular formula is C15H16FN7O. The number of halogens is 1. The van der Waals surface area contributed by atoms with Crippen LogP contribution in [-0.4, -0.2) is 42.4 Å². The fourth-order valence-corrected chi connectivity index (χ4v) is 3.04. The fraction of sp³-hybridized carbons (Fsp3) is 0.333. The van der Waals surface area contributed by atoms with Gasteiger partial charge in [0.25, 0.3) is 0 Å². The van der Waals surface area contributed by atoms with Gasteiger partial charge in [0.05, 0.1) is 23.3 Å². The number of carbonyl (C=O) groups is 1. The van der Waals surface area contributed by atoms with Gasteiger partial charge in [-0.1, -0.05) is 5.21 Å². The molecule has 0 spiro atoms. The van der Waals surface area contributed by atoms with Crippen molar-refractivity contribution < 1.29 is 9.18 Å². The van der Waals surface area contributed by atoms with E-state index in [0.717, 1.165) is 12.8 Å². The van der Waals surface area contributed by atoms with E-state index in [0.29, 0.717) is 29.2 Å². The number of aromatic nitrogens is 5. The van der Waals surface area contributed by atoms with Gasteiger partial charge in [-0.3, -0.25) is 10.00 Å². The minimum absolute atomic E-state index is 0.169. The van der Waals surface area contributed by atoms with Crippen LogP contribution in [0.3, 0.4) is 0 Å². The van der Waals surface area contributed by atoms with Crippen LogP contribution >= 0.6 is 0 Å². The summed E-state index contributed by atoms with van der Waals surface area (Å²) in [6, 6.07) is 4.00. The third-order valence-electron chi connectivity index (χ3n) is 4.13. The molecule has 1 saturated heterocycles. The summed E-state index contributed by atoms with van der Waals surface area (Å²) < 4.78 is 14.9. The van der Waals surface area contributed by atoms with Crippen molar-refractivity contribution in [3.05, 3.63) is 36.0 Å². The summed E-state index contributed by atoms with van der Waals surface area (Å²) >= 11 is 0. The lowest BCUT2D eigenvalue weighted by molar-refractivity contribution is 0.205.